The van der Waals surface area contributed by atoms with Crippen molar-refractivity contribution < 1.29 is 23.2 Å². The Kier molecular flexibility index (Phi) is 7.37. The second-order valence-corrected chi connectivity index (χ2v) is 8.89. The lowest BCUT2D eigenvalue weighted by atomic mass is 10.1. The summed E-state index contributed by atoms with van der Waals surface area (Å²) in [5, 5.41) is 17.8. The molecule has 2 aromatic heterocycles. The number of hydrogen-bond donors (Lipinski definition) is 2. The average molecular weight is 557 g/mol. The summed E-state index contributed by atoms with van der Waals surface area (Å²) < 4.78 is 34.5. The standard InChI is InChI=1S/C29H22F2N6O4/c1-36-16-20(19-5-3-4-6-24(19)36)28-23(33-27(38)12-9-17-7-10-18(30)11-8-17)15-32-29(35-28)34-22-14-25(37(39)40)21(31)13-26(22)41-2/h3-16H,1-2H3,(H,33,38)(H,32,34,35)/b12-9+. The number of ether oxygens (including phenoxy) is 1. The number of carbonyl (C=O) groups excluding carboxylic acids is 1. The molecule has 10 nitrogen and oxygen atoms in total. The molecule has 5 aromatic rings. The first kappa shape index (κ1) is 26.9. The van der Waals surface area contributed by atoms with Crippen LogP contribution in [0.3, 0.4) is 0 Å². The van der Waals surface area contributed by atoms with Gasteiger partial charge < -0.3 is 19.9 Å². The third-order valence-corrected chi connectivity index (χ3v) is 6.21. The molecule has 0 aliphatic rings. The Labute approximate surface area is 232 Å². The van der Waals surface area contributed by atoms with E-state index in [4.69, 9.17) is 4.74 Å². The molecule has 12 heteroatoms. The summed E-state index contributed by atoms with van der Waals surface area (Å²) in [4.78, 5) is 32.2. The van der Waals surface area contributed by atoms with E-state index in [1.165, 1.54) is 49.7 Å². The zero-order chi connectivity index (χ0) is 29.1. The largest absolute Gasteiger partial charge is 0.494 e. The van der Waals surface area contributed by atoms with Gasteiger partial charge in [0.25, 0.3) is 0 Å². The van der Waals surface area contributed by atoms with Crippen molar-refractivity contribution in [2.75, 3.05) is 17.7 Å². The number of nitrogens with zero attached hydrogens (tertiary/aromatic N) is 4. The summed E-state index contributed by atoms with van der Waals surface area (Å²) in [6.45, 7) is 0. The minimum absolute atomic E-state index is 0.00622. The lowest BCUT2D eigenvalue weighted by molar-refractivity contribution is -0.387. The smallest absolute Gasteiger partial charge is 0.307 e. The molecular weight excluding hydrogens is 534 g/mol. The lowest BCUT2D eigenvalue weighted by Crippen LogP contribution is -2.11. The highest BCUT2D eigenvalue weighted by Crippen LogP contribution is 2.36. The number of amides is 1. The molecule has 0 spiro atoms. The molecule has 0 saturated heterocycles. The Balaban J connectivity index is 1.55. The van der Waals surface area contributed by atoms with Gasteiger partial charge in [-0.2, -0.15) is 4.39 Å². The SMILES string of the molecule is COc1cc(F)c([N+](=O)[O-])cc1Nc1ncc(NC(=O)/C=C/c2ccc(F)cc2)c(-c2cn(C)c3ccccc23)n1. The third kappa shape index (κ3) is 5.71. The highest BCUT2D eigenvalue weighted by Gasteiger charge is 2.21. The van der Waals surface area contributed by atoms with E-state index in [9.17, 15) is 23.7 Å². The highest BCUT2D eigenvalue weighted by molar-refractivity contribution is 6.06. The number of anilines is 3. The summed E-state index contributed by atoms with van der Waals surface area (Å²) in [5.41, 5.74) is 2.20. The number of fused-ring (bicyclic) bond motifs is 1. The number of nitro benzene ring substituents is 1. The molecule has 0 aliphatic heterocycles. The molecule has 3 aromatic carbocycles. The van der Waals surface area contributed by atoms with E-state index in [1.54, 1.807) is 0 Å². The zero-order valence-electron chi connectivity index (χ0n) is 21.8. The number of nitro groups is 1. The maximum absolute atomic E-state index is 14.2. The number of aryl methyl sites for hydroxylation is 1. The van der Waals surface area contributed by atoms with Gasteiger partial charge in [-0.1, -0.05) is 30.3 Å². The maximum Gasteiger partial charge on any atom is 0.307 e. The molecule has 1 amide bonds. The second kappa shape index (κ2) is 11.2. The fraction of sp³-hybridized carbons (Fsp3) is 0.0690. The van der Waals surface area contributed by atoms with Gasteiger partial charge >= 0.3 is 5.69 Å². The molecule has 0 aliphatic carbocycles. The van der Waals surface area contributed by atoms with Crippen molar-refractivity contribution in [2.24, 2.45) is 7.05 Å². The normalized spacial score (nSPS) is 11.1. The van der Waals surface area contributed by atoms with Crippen molar-refractivity contribution in [1.29, 1.82) is 0 Å². The van der Waals surface area contributed by atoms with Crippen molar-refractivity contribution >= 4 is 45.9 Å². The predicted octanol–water partition coefficient (Wildman–Crippen LogP) is 6.23. The monoisotopic (exact) mass is 556 g/mol. The fourth-order valence-electron chi connectivity index (χ4n) is 4.26. The molecule has 41 heavy (non-hydrogen) atoms. The molecule has 0 fully saturated rings. The Morgan fingerprint density at radius 1 is 1.10 bits per heavy atom. The third-order valence-electron chi connectivity index (χ3n) is 6.21. The van der Waals surface area contributed by atoms with Gasteiger partial charge in [-0.25, -0.2) is 14.4 Å². The van der Waals surface area contributed by atoms with Crippen LogP contribution in [0.15, 0.2) is 79.1 Å². The Morgan fingerprint density at radius 2 is 1.85 bits per heavy atom. The summed E-state index contributed by atoms with van der Waals surface area (Å²) in [6, 6.07) is 15.2. The second-order valence-electron chi connectivity index (χ2n) is 8.89. The number of halogens is 2. The van der Waals surface area contributed by atoms with Gasteiger partial charge in [-0.15, -0.1) is 0 Å². The van der Waals surface area contributed by atoms with Gasteiger partial charge in [0.05, 0.1) is 29.6 Å². The lowest BCUT2D eigenvalue weighted by Gasteiger charge is -2.13. The van der Waals surface area contributed by atoms with Crippen LogP contribution in [0.1, 0.15) is 5.56 Å². The van der Waals surface area contributed by atoms with Crippen LogP contribution in [0.4, 0.5) is 31.8 Å². The van der Waals surface area contributed by atoms with E-state index in [0.29, 0.717) is 16.8 Å². The van der Waals surface area contributed by atoms with Gasteiger partial charge in [0, 0.05) is 47.9 Å². The molecule has 0 atom stereocenters. The number of benzene rings is 3. The molecule has 206 valence electrons. The van der Waals surface area contributed by atoms with Crippen molar-refractivity contribution in [3.63, 3.8) is 0 Å². The van der Waals surface area contributed by atoms with Gasteiger partial charge in [0.2, 0.25) is 17.7 Å². The number of carbonyl (C=O) groups is 1. The number of aromatic nitrogens is 3. The molecule has 0 radical (unpaired) electrons. The number of hydrogen-bond acceptors (Lipinski definition) is 7. The van der Waals surface area contributed by atoms with E-state index < -0.39 is 22.3 Å². The van der Waals surface area contributed by atoms with Gasteiger partial charge in [-0.05, 0) is 29.8 Å². The summed E-state index contributed by atoms with van der Waals surface area (Å²) >= 11 is 0. The first-order valence-corrected chi connectivity index (χ1v) is 12.2. The van der Waals surface area contributed by atoms with Gasteiger partial charge in [0.15, 0.2) is 0 Å². The van der Waals surface area contributed by atoms with Crippen LogP contribution in [-0.4, -0.2) is 32.5 Å². The number of rotatable bonds is 8. The van der Waals surface area contributed by atoms with Crippen molar-refractivity contribution in [2.45, 2.75) is 0 Å². The van der Waals surface area contributed by atoms with Crippen LogP contribution in [0, 0.1) is 21.7 Å². The molecule has 0 saturated carbocycles. The molecule has 2 heterocycles. The molecule has 0 bridgehead atoms. The fourth-order valence-corrected chi connectivity index (χ4v) is 4.26. The number of para-hydroxylation sites is 1. The molecule has 5 rings (SSSR count). The average Bonchev–Trinajstić information content (AvgIpc) is 3.30. The van der Waals surface area contributed by atoms with Crippen molar-refractivity contribution in [3.05, 3.63) is 106 Å². The van der Waals surface area contributed by atoms with E-state index in [1.807, 2.05) is 42.1 Å². The van der Waals surface area contributed by atoms with Crippen LogP contribution in [-0.2, 0) is 11.8 Å². The zero-order valence-corrected chi connectivity index (χ0v) is 21.8. The van der Waals surface area contributed by atoms with E-state index in [2.05, 4.69) is 20.6 Å². The number of methoxy groups -OCH3 is 1. The molecule has 0 unspecified atom stereocenters. The topological polar surface area (TPSA) is 124 Å². The Bertz CT molecular complexity index is 1820. The Morgan fingerprint density at radius 3 is 2.59 bits per heavy atom. The summed E-state index contributed by atoms with van der Waals surface area (Å²) in [5.74, 6) is -1.89. The maximum atomic E-state index is 14.2. The van der Waals surface area contributed by atoms with Crippen molar-refractivity contribution in [1.82, 2.24) is 14.5 Å². The summed E-state index contributed by atoms with van der Waals surface area (Å²) in [6.07, 6.45) is 6.08. The predicted molar refractivity (Wildman–Crippen MR) is 151 cm³/mol. The van der Waals surface area contributed by atoms with Crippen molar-refractivity contribution in [3.8, 4) is 17.0 Å². The van der Waals surface area contributed by atoms with Crippen LogP contribution in [0.2, 0.25) is 0 Å². The molecular formula is C29H22F2N6O4. The van der Waals surface area contributed by atoms with E-state index in [0.717, 1.165) is 23.0 Å². The quantitative estimate of drug-likeness (QED) is 0.132. The minimum atomic E-state index is -1.05. The van der Waals surface area contributed by atoms with E-state index in [-0.39, 0.29) is 28.9 Å². The van der Waals surface area contributed by atoms with Crippen LogP contribution >= 0.6 is 0 Å². The highest BCUT2D eigenvalue weighted by atomic mass is 19.1. The van der Waals surface area contributed by atoms with Crippen LogP contribution in [0.5, 0.6) is 5.75 Å². The van der Waals surface area contributed by atoms with E-state index >= 15 is 0 Å². The molecule has 2 N–H and O–H groups in total. The first-order valence-electron chi connectivity index (χ1n) is 12.2. The first-order chi connectivity index (χ1) is 19.7. The number of nitrogens with one attached hydrogen (secondary N) is 2. The Hall–Kier alpha value is -5.65. The van der Waals surface area contributed by atoms with Gasteiger partial charge in [0.1, 0.15) is 17.3 Å². The van der Waals surface area contributed by atoms with Crippen LogP contribution < -0.4 is 15.4 Å². The van der Waals surface area contributed by atoms with Gasteiger partial charge in [-0.3, -0.25) is 14.9 Å². The minimum Gasteiger partial charge on any atom is -0.494 e. The van der Waals surface area contributed by atoms with Crippen LogP contribution in [0.25, 0.3) is 28.2 Å². The summed E-state index contributed by atoms with van der Waals surface area (Å²) in [7, 11) is 3.17.